The molecule has 0 atom stereocenters. The summed E-state index contributed by atoms with van der Waals surface area (Å²) in [6, 6.07) is 4.71. The number of para-hydroxylation sites is 1. The highest BCUT2D eigenvalue weighted by Gasteiger charge is 2.01. The lowest BCUT2D eigenvalue weighted by atomic mass is 10.2. The zero-order valence-corrected chi connectivity index (χ0v) is 6.11. The van der Waals surface area contributed by atoms with Crippen LogP contribution in [0.2, 0.25) is 0 Å². The summed E-state index contributed by atoms with van der Waals surface area (Å²) in [5.74, 6) is 0.0265. The summed E-state index contributed by atoms with van der Waals surface area (Å²) in [5.41, 5.74) is 0.0946. The number of phenols is 1. The van der Waals surface area contributed by atoms with Crippen molar-refractivity contribution in [3.63, 3.8) is 0 Å². The number of H-pyrrole nitrogens is 1. The van der Waals surface area contributed by atoms with Crippen LogP contribution in [0, 0.1) is 0 Å². The largest absolute Gasteiger partial charge is 0.506 e. The van der Waals surface area contributed by atoms with Crippen LogP contribution in [-0.4, -0.2) is 15.1 Å². The van der Waals surface area contributed by atoms with Crippen LogP contribution in [0.15, 0.2) is 29.3 Å². The number of rotatable bonds is 0. The molecule has 0 aliphatic rings. The van der Waals surface area contributed by atoms with Gasteiger partial charge in [-0.15, -0.1) is 0 Å². The number of hydrogen-bond acceptors (Lipinski definition) is 3. The molecule has 1 aromatic heterocycles. The lowest BCUT2D eigenvalue weighted by Crippen LogP contribution is -2.05. The van der Waals surface area contributed by atoms with Gasteiger partial charge in [-0.1, -0.05) is 6.07 Å². The molecular formula is C8H6N2O2. The van der Waals surface area contributed by atoms with E-state index in [1.54, 1.807) is 12.1 Å². The van der Waals surface area contributed by atoms with E-state index < -0.39 is 0 Å². The van der Waals surface area contributed by atoms with E-state index in [1.165, 1.54) is 12.4 Å². The van der Waals surface area contributed by atoms with Crippen molar-refractivity contribution in [2.24, 2.45) is 0 Å². The van der Waals surface area contributed by atoms with Crippen LogP contribution in [0.3, 0.4) is 0 Å². The lowest BCUT2D eigenvalue weighted by Gasteiger charge is -1.96. The summed E-state index contributed by atoms with van der Waals surface area (Å²) in [6.07, 6.45) is 1.27. The highest BCUT2D eigenvalue weighted by molar-refractivity contribution is 5.82. The van der Waals surface area contributed by atoms with E-state index in [0.717, 1.165) is 0 Å². The summed E-state index contributed by atoms with van der Waals surface area (Å²) in [5, 5.41) is 9.68. The van der Waals surface area contributed by atoms with Gasteiger partial charge in [-0.3, -0.25) is 4.79 Å². The summed E-state index contributed by atoms with van der Waals surface area (Å²) in [7, 11) is 0. The fourth-order valence-electron chi connectivity index (χ4n) is 1.08. The third-order valence-corrected chi connectivity index (χ3v) is 1.65. The molecule has 0 aliphatic heterocycles. The SMILES string of the molecule is O=c1[nH]cnc2c(O)cccc12. The first kappa shape index (κ1) is 6.84. The molecule has 0 aliphatic carbocycles. The molecular weight excluding hydrogens is 156 g/mol. The normalized spacial score (nSPS) is 10.3. The van der Waals surface area contributed by atoms with Gasteiger partial charge >= 0.3 is 0 Å². The van der Waals surface area contributed by atoms with Crippen molar-refractivity contribution in [3.05, 3.63) is 34.9 Å². The molecule has 4 heteroatoms. The number of hydrogen-bond donors (Lipinski definition) is 2. The third kappa shape index (κ3) is 0.852. The van der Waals surface area contributed by atoms with Crippen molar-refractivity contribution in [2.75, 3.05) is 0 Å². The van der Waals surface area contributed by atoms with E-state index in [9.17, 15) is 9.90 Å². The number of aromatic hydroxyl groups is 1. The van der Waals surface area contributed by atoms with Crippen molar-refractivity contribution in [1.82, 2.24) is 9.97 Å². The number of aromatic amines is 1. The van der Waals surface area contributed by atoms with E-state index in [2.05, 4.69) is 9.97 Å². The number of nitrogens with zero attached hydrogens (tertiary/aromatic N) is 1. The van der Waals surface area contributed by atoms with Crippen molar-refractivity contribution in [1.29, 1.82) is 0 Å². The standard InChI is InChI=1S/C8H6N2O2/c11-6-3-1-2-5-7(6)9-4-10-8(5)12/h1-4,11H,(H,9,10,12). The van der Waals surface area contributed by atoms with E-state index in [-0.39, 0.29) is 11.3 Å². The molecule has 0 radical (unpaired) electrons. The Hall–Kier alpha value is -1.84. The van der Waals surface area contributed by atoms with Crippen LogP contribution < -0.4 is 5.56 Å². The molecule has 4 nitrogen and oxygen atoms in total. The van der Waals surface area contributed by atoms with Gasteiger partial charge < -0.3 is 10.1 Å². The van der Waals surface area contributed by atoms with Crippen molar-refractivity contribution in [2.45, 2.75) is 0 Å². The summed E-state index contributed by atoms with van der Waals surface area (Å²) in [6.45, 7) is 0. The Morgan fingerprint density at radius 3 is 3.00 bits per heavy atom. The van der Waals surface area contributed by atoms with Crippen molar-refractivity contribution >= 4 is 10.9 Å². The predicted octanol–water partition coefficient (Wildman–Crippen LogP) is 0.629. The molecule has 0 fully saturated rings. The summed E-state index contributed by atoms with van der Waals surface area (Å²) in [4.78, 5) is 17.4. The maximum Gasteiger partial charge on any atom is 0.258 e. The van der Waals surface area contributed by atoms with Gasteiger partial charge in [0.15, 0.2) is 0 Å². The first-order valence-electron chi connectivity index (χ1n) is 3.44. The highest BCUT2D eigenvalue weighted by Crippen LogP contribution is 2.17. The van der Waals surface area contributed by atoms with Crippen LogP contribution in [0.5, 0.6) is 5.75 Å². The minimum atomic E-state index is -0.240. The van der Waals surface area contributed by atoms with Crippen molar-refractivity contribution in [3.8, 4) is 5.75 Å². The van der Waals surface area contributed by atoms with Gasteiger partial charge in [-0.2, -0.15) is 0 Å². The monoisotopic (exact) mass is 162 g/mol. The first-order chi connectivity index (χ1) is 5.79. The van der Waals surface area contributed by atoms with Crippen LogP contribution in [0.25, 0.3) is 10.9 Å². The second-order valence-electron chi connectivity index (χ2n) is 2.40. The van der Waals surface area contributed by atoms with Gasteiger partial charge in [0, 0.05) is 0 Å². The molecule has 60 valence electrons. The lowest BCUT2D eigenvalue weighted by molar-refractivity contribution is 0.480. The van der Waals surface area contributed by atoms with Gasteiger partial charge in [-0.25, -0.2) is 4.98 Å². The maximum atomic E-state index is 11.1. The molecule has 1 aromatic carbocycles. The van der Waals surface area contributed by atoms with E-state index in [4.69, 9.17) is 0 Å². The third-order valence-electron chi connectivity index (χ3n) is 1.65. The second-order valence-corrected chi connectivity index (χ2v) is 2.40. The van der Waals surface area contributed by atoms with Gasteiger partial charge in [0.2, 0.25) is 0 Å². The minimum Gasteiger partial charge on any atom is -0.506 e. The van der Waals surface area contributed by atoms with Gasteiger partial charge in [0.25, 0.3) is 5.56 Å². The van der Waals surface area contributed by atoms with E-state index in [1.807, 2.05) is 0 Å². The Bertz CT molecular complexity index is 476. The van der Waals surface area contributed by atoms with E-state index >= 15 is 0 Å². The molecule has 0 saturated heterocycles. The predicted molar refractivity (Wildman–Crippen MR) is 44.0 cm³/mol. The Morgan fingerprint density at radius 2 is 2.25 bits per heavy atom. The number of benzene rings is 1. The zero-order chi connectivity index (χ0) is 8.55. The fourth-order valence-corrected chi connectivity index (χ4v) is 1.08. The Balaban J connectivity index is 3.05. The van der Waals surface area contributed by atoms with E-state index in [0.29, 0.717) is 10.9 Å². The summed E-state index contributed by atoms with van der Waals surface area (Å²) >= 11 is 0. The topological polar surface area (TPSA) is 66.0 Å². The van der Waals surface area contributed by atoms with Gasteiger partial charge in [0.05, 0.1) is 11.7 Å². The average Bonchev–Trinajstić information content (AvgIpc) is 2.07. The molecule has 0 amide bonds. The number of phenolic OH excluding ortho intramolecular Hbond substituents is 1. The Labute approximate surface area is 67.5 Å². The van der Waals surface area contributed by atoms with Gasteiger partial charge in [0.1, 0.15) is 11.3 Å². The molecule has 0 bridgehead atoms. The molecule has 1 heterocycles. The first-order valence-corrected chi connectivity index (χ1v) is 3.44. The van der Waals surface area contributed by atoms with Crippen LogP contribution in [0.1, 0.15) is 0 Å². The molecule has 12 heavy (non-hydrogen) atoms. The van der Waals surface area contributed by atoms with Crippen LogP contribution in [0.4, 0.5) is 0 Å². The molecule has 0 spiro atoms. The van der Waals surface area contributed by atoms with Gasteiger partial charge in [-0.05, 0) is 12.1 Å². The number of aromatic nitrogens is 2. The quantitative estimate of drug-likeness (QED) is 0.597. The molecule has 0 saturated carbocycles. The molecule has 0 unspecified atom stereocenters. The fraction of sp³-hybridized carbons (Fsp3) is 0. The summed E-state index contributed by atoms with van der Waals surface area (Å²) < 4.78 is 0. The number of nitrogens with one attached hydrogen (secondary N) is 1. The van der Waals surface area contributed by atoms with Crippen LogP contribution >= 0.6 is 0 Å². The number of fused-ring (bicyclic) bond motifs is 1. The average molecular weight is 162 g/mol. The van der Waals surface area contributed by atoms with Crippen LogP contribution in [-0.2, 0) is 0 Å². The molecule has 2 rings (SSSR count). The zero-order valence-electron chi connectivity index (χ0n) is 6.11. The molecule has 2 N–H and O–H groups in total. The smallest absolute Gasteiger partial charge is 0.258 e. The maximum absolute atomic E-state index is 11.1. The second kappa shape index (κ2) is 2.34. The molecule has 2 aromatic rings. The Kier molecular flexibility index (Phi) is 1.33. The van der Waals surface area contributed by atoms with Crippen molar-refractivity contribution < 1.29 is 5.11 Å². The Morgan fingerprint density at radius 1 is 1.42 bits per heavy atom. The minimum absolute atomic E-state index is 0.0265. The highest BCUT2D eigenvalue weighted by atomic mass is 16.3.